The molecule has 0 radical (unpaired) electrons. The van der Waals surface area contributed by atoms with Crippen LogP contribution in [0.1, 0.15) is 55.5 Å². The van der Waals surface area contributed by atoms with E-state index in [1.807, 2.05) is 31.2 Å². The van der Waals surface area contributed by atoms with Crippen LogP contribution < -0.4 is 9.47 Å². The monoisotopic (exact) mass is 496 g/mol. The largest absolute Gasteiger partial charge is 0.508 e. The van der Waals surface area contributed by atoms with E-state index < -0.39 is 6.10 Å². The van der Waals surface area contributed by atoms with E-state index in [1.165, 1.54) is 12.5 Å². The van der Waals surface area contributed by atoms with Gasteiger partial charge in [-0.1, -0.05) is 19.1 Å². The third-order valence-electron chi connectivity index (χ3n) is 7.44. The summed E-state index contributed by atoms with van der Waals surface area (Å²) in [7, 11) is 0. The normalized spacial score (nSPS) is 20.2. The fourth-order valence-electron chi connectivity index (χ4n) is 5.31. The molecular weight excluding hydrogens is 464 g/mol. The van der Waals surface area contributed by atoms with Crippen LogP contribution in [-0.4, -0.2) is 40.9 Å². The van der Waals surface area contributed by atoms with Gasteiger partial charge in [-0.05, 0) is 92.4 Å². The highest BCUT2D eigenvalue weighted by molar-refractivity contribution is 5.97. The molecule has 0 aliphatic carbocycles. The number of aromatic hydroxyl groups is 2. The van der Waals surface area contributed by atoms with E-state index >= 15 is 0 Å². The molecule has 6 heteroatoms. The summed E-state index contributed by atoms with van der Waals surface area (Å²) in [6, 6.07) is 20.3. The Morgan fingerprint density at radius 3 is 2.49 bits per heavy atom. The summed E-state index contributed by atoms with van der Waals surface area (Å²) in [6.07, 6.45) is 0.764. The molecule has 2 heterocycles. The quantitative estimate of drug-likeness (QED) is 0.426. The van der Waals surface area contributed by atoms with Crippen LogP contribution in [0.25, 0.3) is 11.1 Å². The van der Waals surface area contributed by atoms with E-state index in [0.29, 0.717) is 29.5 Å². The summed E-state index contributed by atoms with van der Waals surface area (Å²) in [5, 5.41) is 29.9. The summed E-state index contributed by atoms with van der Waals surface area (Å²) < 4.78 is 12.6. The maximum absolute atomic E-state index is 10.1. The molecule has 190 valence electrons. The Morgan fingerprint density at radius 2 is 1.78 bits per heavy atom. The molecule has 0 spiro atoms. The van der Waals surface area contributed by atoms with Crippen molar-refractivity contribution in [2.45, 2.75) is 39.3 Å². The van der Waals surface area contributed by atoms with Crippen LogP contribution in [0.4, 0.5) is 0 Å². The zero-order valence-electron chi connectivity index (χ0n) is 21.4. The van der Waals surface area contributed by atoms with Crippen LogP contribution in [0.5, 0.6) is 23.0 Å². The molecule has 0 saturated carbocycles. The molecule has 0 bridgehead atoms. The highest BCUT2D eigenvalue weighted by atomic mass is 16.5. The smallest absolute Gasteiger partial charge is 0.150 e. The van der Waals surface area contributed by atoms with Crippen LogP contribution >= 0.6 is 0 Å². The van der Waals surface area contributed by atoms with Gasteiger partial charge in [0.2, 0.25) is 0 Å². The van der Waals surface area contributed by atoms with Crippen LogP contribution in [0.2, 0.25) is 0 Å². The van der Waals surface area contributed by atoms with Gasteiger partial charge in [-0.25, -0.2) is 0 Å². The number of rotatable bonds is 6. The summed E-state index contributed by atoms with van der Waals surface area (Å²) in [5.74, 6) is 2.38. The van der Waals surface area contributed by atoms with Crippen LogP contribution in [-0.2, 0) is 0 Å². The highest BCUT2D eigenvalue weighted by Gasteiger charge is 2.31. The maximum Gasteiger partial charge on any atom is 0.150 e. The number of nitrogens with zero attached hydrogens (tertiary/aromatic N) is 2. The van der Waals surface area contributed by atoms with Crippen molar-refractivity contribution in [2.24, 2.45) is 5.92 Å². The lowest BCUT2D eigenvalue weighted by Crippen LogP contribution is -2.35. The summed E-state index contributed by atoms with van der Waals surface area (Å²) in [6.45, 7) is 9.35. The standard InChI is InChI=1S/C31H32N2O4/c1-19-12-13-33(17-19)20(2)18-36-26-8-4-22(5-9-26)31-30(27-10-6-24(34)14-23(27)16-32)21(3)28-15-25(35)7-11-29(28)37-31/h4-11,14-15,19-20,31,34-35H,12-13,17-18H2,1-3H3/t19-,20+,31?/m1/s1. The first kappa shape index (κ1) is 24.7. The Labute approximate surface area is 218 Å². The van der Waals surface area contributed by atoms with Gasteiger partial charge in [0.1, 0.15) is 35.7 Å². The number of likely N-dealkylation sites (tertiary alicyclic amines) is 1. The Bertz CT molecular complexity index is 1370. The number of phenols is 2. The van der Waals surface area contributed by atoms with E-state index in [9.17, 15) is 15.5 Å². The predicted octanol–water partition coefficient (Wildman–Crippen LogP) is 6.14. The average molecular weight is 497 g/mol. The first-order valence-electron chi connectivity index (χ1n) is 12.7. The van der Waals surface area contributed by atoms with Gasteiger partial charge in [-0.2, -0.15) is 5.26 Å². The third kappa shape index (κ3) is 5.00. The number of hydrogen-bond acceptors (Lipinski definition) is 6. The minimum Gasteiger partial charge on any atom is -0.508 e. The summed E-state index contributed by atoms with van der Waals surface area (Å²) in [4.78, 5) is 2.48. The molecule has 1 unspecified atom stereocenters. The predicted molar refractivity (Wildman–Crippen MR) is 144 cm³/mol. The minimum absolute atomic E-state index is 0.0315. The van der Waals surface area contributed by atoms with E-state index in [1.54, 1.807) is 30.3 Å². The van der Waals surface area contributed by atoms with Crippen molar-refractivity contribution in [3.8, 4) is 29.1 Å². The number of nitriles is 1. The van der Waals surface area contributed by atoms with Crippen molar-refractivity contribution in [1.29, 1.82) is 5.26 Å². The van der Waals surface area contributed by atoms with Crippen molar-refractivity contribution in [3.05, 3.63) is 82.9 Å². The van der Waals surface area contributed by atoms with Gasteiger partial charge in [0.05, 0.1) is 11.6 Å². The first-order valence-corrected chi connectivity index (χ1v) is 12.7. The van der Waals surface area contributed by atoms with E-state index in [0.717, 1.165) is 47.0 Å². The van der Waals surface area contributed by atoms with Crippen molar-refractivity contribution >= 4 is 11.1 Å². The number of phenolic OH excluding ortho intramolecular Hbond substituents is 2. The topological polar surface area (TPSA) is 86.0 Å². The number of benzene rings is 3. The molecule has 37 heavy (non-hydrogen) atoms. The zero-order valence-corrected chi connectivity index (χ0v) is 21.4. The summed E-state index contributed by atoms with van der Waals surface area (Å²) in [5.41, 5.74) is 4.45. The Morgan fingerprint density at radius 1 is 1.05 bits per heavy atom. The second kappa shape index (κ2) is 10.2. The van der Waals surface area contributed by atoms with Gasteiger partial charge < -0.3 is 19.7 Å². The average Bonchev–Trinajstić information content (AvgIpc) is 3.34. The number of fused-ring (bicyclic) bond motifs is 1. The summed E-state index contributed by atoms with van der Waals surface area (Å²) >= 11 is 0. The first-order chi connectivity index (χ1) is 17.8. The third-order valence-corrected chi connectivity index (χ3v) is 7.44. The number of allylic oxidation sites excluding steroid dienone is 1. The van der Waals surface area contributed by atoms with E-state index in [-0.39, 0.29) is 11.5 Å². The van der Waals surface area contributed by atoms with Crippen LogP contribution in [0, 0.1) is 17.2 Å². The van der Waals surface area contributed by atoms with Gasteiger partial charge in [-0.15, -0.1) is 0 Å². The van der Waals surface area contributed by atoms with Crippen molar-refractivity contribution < 1.29 is 19.7 Å². The molecule has 2 aliphatic rings. The minimum atomic E-state index is -0.479. The number of ether oxygens (including phenoxy) is 2. The fourth-order valence-corrected chi connectivity index (χ4v) is 5.31. The molecule has 3 atom stereocenters. The SMILES string of the molecule is CC1=C(c2ccc(O)cc2C#N)C(c2ccc(OC[C@H](C)N3CC[C@@H](C)C3)cc2)Oc2ccc(O)cc21. The lowest BCUT2D eigenvalue weighted by atomic mass is 9.84. The van der Waals surface area contributed by atoms with E-state index in [2.05, 4.69) is 24.8 Å². The molecule has 2 aliphatic heterocycles. The molecule has 1 saturated heterocycles. The van der Waals surface area contributed by atoms with Gasteiger partial charge in [0, 0.05) is 29.3 Å². The zero-order chi connectivity index (χ0) is 26.1. The van der Waals surface area contributed by atoms with Gasteiger partial charge in [0.25, 0.3) is 0 Å². The van der Waals surface area contributed by atoms with Gasteiger partial charge >= 0.3 is 0 Å². The Hall–Kier alpha value is -3.95. The molecule has 0 aromatic heterocycles. The molecule has 1 fully saturated rings. The van der Waals surface area contributed by atoms with Gasteiger partial charge in [-0.3, -0.25) is 4.90 Å². The van der Waals surface area contributed by atoms with Crippen molar-refractivity contribution in [3.63, 3.8) is 0 Å². The highest BCUT2D eigenvalue weighted by Crippen LogP contribution is 2.48. The number of hydrogen-bond donors (Lipinski definition) is 2. The van der Waals surface area contributed by atoms with Gasteiger partial charge in [0.15, 0.2) is 0 Å². The maximum atomic E-state index is 10.1. The molecule has 0 amide bonds. The van der Waals surface area contributed by atoms with Crippen LogP contribution in [0.15, 0.2) is 60.7 Å². The Kier molecular flexibility index (Phi) is 6.82. The second-order valence-electron chi connectivity index (χ2n) is 10.2. The molecule has 2 N–H and O–H groups in total. The molecule has 5 rings (SSSR count). The molecule has 6 nitrogen and oxygen atoms in total. The molecular formula is C31H32N2O4. The second-order valence-corrected chi connectivity index (χ2v) is 10.2. The molecule has 3 aromatic carbocycles. The molecule has 3 aromatic rings. The van der Waals surface area contributed by atoms with Crippen LogP contribution in [0.3, 0.4) is 0 Å². The fraction of sp³-hybridized carbons (Fsp3) is 0.323. The Balaban J connectivity index is 1.45. The van der Waals surface area contributed by atoms with Crippen molar-refractivity contribution in [1.82, 2.24) is 4.90 Å². The lowest BCUT2D eigenvalue weighted by molar-refractivity contribution is 0.169. The van der Waals surface area contributed by atoms with Crippen molar-refractivity contribution in [2.75, 3.05) is 19.7 Å². The lowest BCUT2D eigenvalue weighted by Gasteiger charge is -2.31. The van der Waals surface area contributed by atoms with E-state index in [4.69, 9.17) is 9.47 Å².